The van der Waals surface area contributed by atoms with Crippen LogP contribution in [-0.2, 0) is 14.3 Å². The van der Waals surface area contributed by atoms with Gasteiger partial charge in [-0.1, -0.05) is 30.3 Å². The summed E-state index contributed by atoms with van der Waals surface area (Å²) in [6.45, 7) is 3.66. The number of morpholine rings is 1. The van der Waals surface area contributed by atoms with E-state index < -0.39 is 0 Å². The van der Waals surface area contributed by atoms with E-state index in [1.165, 1.54) is 7.11 Å². The molecule has 5 heteroatoms. The minimum Gasteiger partial charge on any atom is -0.469 e. The predicted molar refractivity (Wildman–Crippen MR) is 71.6 cm³/mol. The zero-order chi connectivity index (χ0) is 13.5. The summed E-state index contributed by atoms with van der Waals surface area (Å²) in [5.74, 6) is -0.499. The van der Waals surface area contributed by atoms with Crippen LogP contribution >= 0.6 is 0 Å². The molecule has 2 rings (SSSR count). The maximum Gasteiger partial charge on any atom is 0.314 e. The summed E-state index contributed by atoms with van der Waals surface area (Å²) in [7, 11) is 1.42. The molecule has 1 aromatic carbocycles. The van der Waals surface area contributed by atoms with E-state index >= 15 is 0 Å². The van der Waals surface area contributed by atoms with Crippen LogP contribution in [0.2, 0.25) is 0 Å². The van der Waals surface area contributed by atoms with Crippen molar-refractivity contribution in [2.24, 2.45) is 0 Å². The zero-order valence-electron chi connectivity index (χ0n) is 11.2. The number of carbonyl (C=O) groups excluding carboxylic acids is 1. The van der Waals surface area contributed by atoms with Gasteiger partial charge in [0.1, 0.15) is 0 Å². The fraction of sp³-hybridized carbons (Fsp3) is 0.500. The van der Waals surface area contributed by atoms with Gasteiger partial charge in [-0.25, -0.2) is 5.01 Å². The van der Waals surface area contributed by atoms with Gasteiger partial charge in [-0.2, -0.15) is 0 Å². The van der Waals surface area contributed by atoms with Gasteiger partial charge in [0.05, 0.1) is 26.2 Å². The Bertz CT molecular complexity index is 391. The number of benzene rings is 1. The van der Waals surface area contributed by atoms with Crippen molar-refractivity contribution in [3.63, 3.8) is 0 Å². The molecule has 0 spiro atoms. The van der Waals surface area contributed by atoms with Gasteiger partial charge in [-0.3, -0.25) is 10.2 Å². The summed E-state index contributed by atoms with van der Waals surface area (Å²) in [5, 5.41) is 2.09. The number of rotatable bonds is 5. The first kappa shape index (κ1) is 14.0. The second kappa shape index (κ2) is 7.23. The highest BCUT2D eigenvalue weighted by Gasteiger charge is 2.22. The summed E-state index contributed by atoms with van der Waals surface area (Å²) >= 11 is 0. The van der Waals surface area contributed by atoms with E-state index in [4.69, 9.17) is 9.47 Å². The first-order valence-corrected chi connectivity index (χ1v) is 6.50. The number of nitrogens with zero attached hydrogens (tertiary/aromatic N) is 1. The van der Waals surface area contributed by atoms with Crippen LogP contribution in [0.4, 0.5) is 0 Å². The van der Waals surface area contributed by atoms with Crippen LogP contribution in [0, 0.1) is 0 Å². The van der Waals surface area contributed by atoms with Crippen molar-refractivity contribution < 1.29 is 14.3 Å². The highest BCUT2D eigenvalue weighted by atomic mass is 16.5. The lowest BCUT2D eigenvalue weighted by molar-refractivity contribution is -0.142. The van der Waals surface area contributed by atoms with E-state index in [9.17, 15) is 4.79 Å². The van der Waals surface area contributed by atoms with Gasteiger partial charge in [0.2, 0.25) is 0 Å². The summed E-state index contributed by atoms with van der Waals surface area (Å²) in [5.41, 5.74) is 4.26. The molecule has 0 aliphatic carbocycles. The molecule has 1 aliphatic rings. The van der Waals surface area contributed by atoms with E-state index in [0.717, 1.165) is 31.9 Å². The van der Waals surface area contributed by atoms with Gasteiger partial charge in [0, 0.05) is 19.6 Å². The molecule has 5 nitrogen and oxygen atoms in total. The van der Waals surface area contributed by atoms with Gasteiger partial charge in [0.15, 0.2) is 0 Å². The summed E-state index contributed by atoms with van der Waals surface area (Å²) in [6.07, 6.45) is 0. The molecule has 1 N–H and O–H groups in total. The van der Waals surface area contributed by atoms with Crippen LogP contribution in [0.3, 0.4) is 0 Å². The molecule has 1 aliphatic heterocycles. The monoisotopic (exact) mass is 264 g/mol. The van der Waals surface area contributed by atoms with Crippen LogP contribution in [0.1, 0.15) is 11.5 Å². The molecule has 1 aromatic rings. The third-order valence-electron chi connectivity index (χ3n) is 3.22. The van der Waals surface area contributed by atoms with Gasteiger partial charge in [-0.05, 0) is 5.56 Å². The molecular formula is C14H20N2O3. The van der Waals surface area contributed by atoms with Gasteiger partial charge in [-0.15, -0.1) is 0 Å². The second-order valence-corrected chi connectivity index (χ2v) is 4.45. The number of nitrogens with one attached hydrogen (secondary N) is 1. The SMILES string of the molecule is COC(=O)C(CNN1CCOCC1)c1ccccc1. The molecule has 1 fully saturated rings. The Morgan fingerprint density at radius 1 is 1.37 bits per heavy atom. The van der Waals surface area contributed by atoms with Crippen LogP contribution in [0.5, 0.6) is 0 Å². The zero-order valence-corrected chi connectivity index (χ0v) is 11.2. The van der Waals surface area contributed by atoms with Crippen LogP contribution in [0.15, 0.2) is 30.3 Å². The lowest BCUT2D eigenvalue weighted by Crippen LogP contribution is -2.47. The Labute approximate surface area is 113 Å². The first-order chi connectivity index (χ1) is 9.31. The van der Waals surface area contributed by atoms with Crippen molar-refractivity contribution in [2.45, 2.75) is 5.92 Å². The maximum absolute atomic E-state index is 11.9. The molecule has 0 aromatic heterocycles. The number of ether oxygens (including phenoxy) is 2. The third kappa shape index (κ3) is 4.02. The standard InChI is InChI=1S/C14H20N2O3/c1-18-14(17)13(12-5-3-2-4-6-12)11-15-16-7-9-19-10-8-16/h2-6,13,15H,7-11H2,1H3. The Morgan fingerprint density at radius 2 is 2.05 bits per heavy atom. The highest BCUT2D eigenvalue weighted by Crippen LogP contribution is 2.16. The van der Waals surface area contributed by atoms with E-state index in [-0.39, 0.29) is 11.9 Å². The van der Waals surface area contributed by atoms with Gasteiger partial charge >= 0.3 is 5.97 Å². The topological polar surface area (TPSA) is 50.8 Å². The van der Waals surface area contributed by atoms with Crippen molar-refractivity contribution in [1.29, 1.82) is 0 Å². The van der Waals surface area contributed by atoms with Crippen LogP contribution in [0.25, 0.3) is 0 Å². The van der Waals surface area contributed by atoms with Gasteiger partial charge < -0.3 is 9.47 Å². The average Bonchev–Trinajstić information content (AvgIpc) is 2.49. The van der Waals surface area contributed by atoms with Crippen LogP contribution < -0.4 is 5.43 Å². The molecule has 1 atom stereocenters. The van der Waals surface area contributed by atoms with Crippen molar-refractivity contribution in [1.82, 2.24) is 10.4 Å². The normalized spacial score (nSPS) is 17.9. The number of carbonyl (C=O) groups is 1. The molecule has 19 heavy (non-hydrogen) atoms. The van der Waals surface area contributed by atoms with Crippen molar-refractivity contribution in [3.8, 4) is 0 Å². The summed E-state index contributed by atoms with van der Waals surface area (Å²) in [6, 6.07) is 9.69. The van der Waals surface area contributed by atoms with E-state index in [1.807, 2.05) is 30.3 Å². The summed E-state index contributed by atoms with van der Waals surface area (Å²) < 4.78 is 10.2. The molecule has 0 saturated carbocycles. The third-order valence-corrected chi connectivity index (χ3v) is 3.22. The lowest BCUT2D eigenvalue weighted by Gasteiger charge is -2.28. The van der Waals surface area contributed by atoms with Crippen LogP contribution in [-0.4, -0.2) is 50.9 Å². The van der Waals surface area contributed by atoms with E-state index in [0.29, 0.717) is 6.54 Å². The Hall–Kier alpha value is -1.43. The van der Waals surface area contributed by atoms with Crippen molar-refractivity contribution in [3.05, 3.63) is 35.9 Å². The first-order valence-electron chi connectivity index (χ1n) is 6.50. The number of hydrazine groups is 1. The predicted octanol–water partition coefficient (Wildman–Crippen LogP) is 0.780. The fourth-order valence-electron chi connectivity index (χ4n) is 2.11. The van der Waals surface area contributed by atoms with Crippen molar-refractivity contribution >= 4 is 5.97 Å². The number of methoxy groups -OCH3 is 1. The molecule has 0 radical (unpaired) electrons. The molecule has 0 bridgehead atoms. The van der Waals surface area contributed by atoms with Crippen molar-refractivity contribution in [2.75, 3.05) is 40.0 Å². The molecule has 0 amide bonds. The molecule has 1 unspecified atom stereocenters. The Morgan fingerprint density at radius 3 is 2.68 bits per heavy atom. The van der Waals surface area contributed by atoms with E-state index in [1.54, 1.807) is 0 Å². The lowest BCUT2D eigenvalue weighted by atomic mass is 9.99. The Balaban J connectivity index is 1.96. The summed E-state index contributed by atoms with van der Waals surface area (Å²) in [4.78, 5) is 11.9. The number of hydrogen-bond acceptors (Lipinski definition) is 5. The average molecular weight is 264 g/mol. The van der Waals surface area contributed by atoms with E-state index in [2.05, 4.69) is 10.4 Å². The largest absolute Gasteiger partial charge is 0.469 e. The maximum atomic E-state index is 11.9. The smallest absolute Gasteiger partial charge is 0.314 e. The molecule has 104 valence electrons. The Kier molecular flexibility index (Phi) is 5.32. The molecule has 1 saturated heterocycles. The molecular weight excluding hydrogens is 244 g/mol. The molecule has 1 heterocycles. The second-order valence-electron chi connectivity index (χ2n) is 4.45. The minimum absolute atomic E-state index is 0.216. The minimum atomic E-state index is -0.283. The number of hydrogen-bond donors (Lipinski definition) is 1. The quantitative estimate of drug-likeness (QED) is 0.797. The fourth-order valence-corrected chi connectivity index (χ4v) is 2.11. The highest BCUT2D eigenvalue weighted by molar-refractivity contribution is 5.78. The number of esters is 1. The van der Waals surface area contributed by atoms with Gasteiger partial charge in [0.25, 0.3) is 0 Å².